The van der Waals surface area contributed by atoms with Crippen LogP contribution in [0.2, 0.25) is 0 Å². The number of thiazole rings is 1. The van der Waals surface area contributed by atoms with Crippen LogP contribution in [0.25, 0.3) is 10.4 Å². The predicted octanol–water partition coefficient (Wildman–Crippen LogP) is 4.95. The van der Waals surface area contributed by atoms with Gasteiger partial charge in [0.1, 0.15) is 0 Å². The maximum absolute atomic E-state index is 4.41. The van der Waals surface area contributed by atoms with E-state index in [1.165, 1.54) is 16.0 Å². The SMILES string of the molecule is Cc1cc(-c2cnc(NCC(C)C)s2)ccc1Br. The second kappa shape index (κ2) is 5.85. The summed E-state index contributed by atoms with van der Waals surface area (Å²) in [5.74, 6) is 0.632. The van der Waals surface area contributed by atoms with E-state index in [0.717, 1.165) is 16.1 Å². The van der Waals surface area contributed by atoms with Gasteiger partial charge < -0.3 is 5.32 Å². The van der Waals surface area contributed by atoms with Crippen LogP contribution in [0.1, 0.15) is 19.4 Å². The van der Waals surface area contributed by atoms with E-state index < -0.39 is 0 Å². The van der Waals surface area contributed by atoms with E-state index in [0.29, 0.717) is 5.92 Å². The summed E-state index contributed by atoms with van der Waals surface area (Å²) < 4.78 is 1.15. The Hall–Kier alpha value is -0.870. The third-order valence-electron chi connectivity index (χ3n) is 2.61. The largest absolute Gasteiger partial charge is 0.361 e. The number of hydrogen-bond donors (Lipinski definition) is 1. The molecule has 0 fully saturated rings. The average molecular weight is 325 g/mol. The molecule has 0 bridgehead atoms. The number of aryl methyl sites for hydroxylation is 1. The minimum Gasteiger partial charge on any atom is -0.361 e. The molecule has 96 valence electrons. The number of hydrogen-bond acceptors (Lipinski definition) is 3. The Bertz CT molecular complexity index is 534. The molecule has 2 nitrogen and oxygen atoms in total. The molecule has 0 aliphatic carbocycles. The van der Waals surface area contributed by atoms with Gasteiger partial charge in [-0.1, -0.05) is 47.2 Å². The molecule has 4 heteroatoms. The highest BCUT2D eigenvalue weighted by molar-refractivity contribution is 9.10. The minimum absolute atomic E-state index is 0.632. The van der Waals surface area contributed by atoms with Crippen LogP contribution in [-0.2, 0) is 0 Å². The number of aromatic nitrogens is 1. The monoisotopic (exact) mass is 324 g/mol. The zero-order chi connectivity index (χ0) is 13.1. The van der Waals surface area contributed by atoms with Crippen molar-refractivity contribution in [3.05, 3.63) is 34.4 Å². The first-order chi connectivity index (χ1) is 8.56. The van der Waals surface area contributed by atoms with Gasteiger partial charge in [0, 0.05) is 17.2 Å². The van der Waals surface area contributed by atoms with E-state index in [4.69, 9.17) is 0 Å². The fourth-order valence-electron chi connectivity index (χ4n) is 1.58. The summed E-state index contributed by atoms with van der Waals surface area (Å²) in [6.45, 7) is 7.46. The Morgan fingerprint density at radius 2 is 2.17 bits per heavy atom. The van der Waals surface area contributed by atoms with Crippen molar-refractivity contribution in [1.29, 1.82) is 0 Å². The summed E-state index contributed by atoms with van der Waals surface area (Å²) in [5, 5.41) is 4.36. The van der Waals surface area contributed by atoms with Crippen molar-refractivity contribution >= 4 is 32.4 Å². The zero-order valence-corrected chi connectivity index (χ0v) is 13.2. The molecule has 2 aromatic rings. The molecule has 2 rings (SSSR count). The summed E-state index contributed by atoms with van der Waals surface area (Å²) in [7, 11) is 0. The first kappa shape index (κ1) is 13.6. The lowest BCUT2D eigenvalue weighted by Gasteiger charge is -2.04. The predicted molar refractivity (Wildman–Crippen MR) is 83.3 cm³/mol. The topological polar surface area (TPSA) is 24.9 Å². The molecule has 0 radical (unpaired) electrons. The van der Waals surface area contributed by atoms with Crippen molar-refractivity contribution in [3.63, 3.8) is 0 Å². The maximum Gasteiger partial charge on any atom is 0.183 e. The minimum atomic E-state index is 0.632. The summed E-state index contributed by atoms with van der Waals surface area (Å²) in [6, 6.07) is 6.40. The Labute approximate surface area is 121 Å². The van der Waals surface area contributed by atoms with Gasteiger partial charge in [-0.15, -0.1) is 0 Å². The Balaban J connectivity index is 2.16. The highest BCUT2D eigenvalue weighted by Gasteiger charge is 2.06. The summed E-state index contributed by atoms with van der Waals surface area (Å²) in [4.78, 5) is 5.62. The molecule has 1 aromatic heterocycles. The van der Waals surface area contributed by atoms with E-state index in [1.54, 1.807) is 11.3 Å². The molecule has 0 spiro atoms. The third kappa shape index (κ3) is 3.33. The van der Waals surface area contributed by atoms with Crippen molar-refractivity contribution < 1.29 is 0 Å². The molecule has 1 N–H and O–H groups in total. The first-order valence-electron chi connectivity index (χ1n) is 6.02. The highest BCUT2D eigenvalue weighted by Crippen LogP contribution is 2.31. The number of nitrogens with zero attached hydrogens (tertiary/aromatic N) is 1. The van der Waals surface area contributed by atoms with Crippen LogP contribution in [0.15, 0.2) is 28.9 Å². The fraction of sp³-hybridized carbons (Fsp3) is 0.357. The summed E-state index contributed by atoms with van der Waals surface area (Å²) >= 11 is 5.23. The van der Waals surface area contributed by atoms with Gasteiger partial charge in [0.2, 0.25) is 0 Å². The number of nitrogens with one attached hydrogen (secondary N) is 1. The van der Waals surface area contributed by atoms with E-state index in [1.807, 2.05) is 6.20 Å². The molecule has 1 heterocycles. The van der Waals surface area contributed by atoms with Crippen molar-refractivity contribution in [2.75, 3.05) is 11.9 Å². The van der Waals surface area contributed by atoms with Crippen molar-refractivity contribution in [3.8, 4) is 10.4 Å². The standard InChI is InChI=1S/C14H17BrN2S/c1-9(2)7-16-14-17-8-13(18-14)11-4-5-12(15)10(3)6-11/h4-6,8-9H,7H2,1-3H3,(H,16,17). The number of anilines is 1. The Morgan fingerprint density at radius 3 is 2.83 bits per heavy atom. The second-order valence-electron chi connectivity index (χ2n) is 4.77. The van der Waals surface area contributed by atoms with E-state index in [2.05, 4.69) is 65.2 Å². The number of benzene rings is 1. The van der Waals surface area contributed by atoms with Crippen molar-refractivity contribution in [2.45, 2.75) is 20.8 Å². The average Bonchev–Trinajstić information content (AvgIpc) is 2.79. The lowest BCUT2D eigenvalue weighted by atomic mass is 10.1. The lowest BCUT2D eigenvalue weighted by molar-refractivity contribution is 0.688. The summed E-state index contributed by atoms with van der Waals surface area (Å²) in [6.07, 6.45) is 1.94. The van der Waals surface area contributed by atoms with Crippen molar-refractivity contribution in [2.24, 2.45) is 5.92 Å². The maximum atomic E-state index is 4.41. The van der Waals surface area contributed by atoms with E-state index in [-0.39, 0.29) is 0 Å². The van der Waals surface area contributed by atoms with E-state index in [9.17, 15) is 0 Å². The molecule has 0 saturated heterocycles. The van der Waals surface area contributed by atoms with Crippen LogP contribution >= 0.6 is 27.3 Å². The van der Waals surface area contributed by atoms with Crippen LogP contribution in [0.4, 0.5) is 5.13 Å². The molecular formula is C14H17BrN2S. The first-order valence-corrected chi connectivity index (χ1v) is 7.63. The molecule has 0 amide bonds. The molecule has 0 aliphatic rings. The van der Waals surface area contributed by atoms with Gasteiger partial charge in [-0.2, -0.15) is 0 Å². The van der Waals surface area contributed by atoms with Gasteiger partial charge >= 0.3 is 0 Å². The molecule has 0 saturated carbocycles. The fourth-order valence-corrected chi connectivity index (χ4v) is 2.64. The molecule has 18 heavy (non-hydrogen) atoms. The number of halogens is 1. The lowest BCUT2D eigenvalue weighted by Crippen LogP contribution is -2.07. The van der Waals surface area contributed by atoms with Crippen LogP contribution in [-0.4, -0.2) is 11.5 Å². The smallest absolute Gasteiger partial charge is 0.183 e. The molecule has 1 aromatic carbocycles. The van der Waals surface area contributed by atoms with Gasteiger partial charge in [0.25, 0.3) is 0 Å². The van der Waals surface area contributed by atoms with Gasteiger partial charge in [0.15, 0.2) is 5.13 Å². The number of rotatable bonds is 4. The third-order valence-corrected chi connectivity index (χ3v) is 4.50. The van der Waals surface area contributed by atoms with Gasteiger partial charge in [0.05, 0.1) is 4.88 Å². The zero-order valence-electron chi connectivity index (χ0n) is 10.8. The normalized spacial score (nSPS) is 10.9. The van der Waals surface area contributed by atoms with Crippen molar-refractivity contribution in [1.82, 2.24) is 4.98 Å². The second-order valence-corrected chi connectivity index (χ2v) is 6.65. The van der Waals surface area contributed by atoms with Crippen LogP contribution in [0, 0.1) is 12.8 Å². The molecule has 0 aliphatic heterocycles. The van der Waals surface area contributed by atoms with Gasteiger partial charge in [-0.05, 0) is 36.1 Å². The van der Waals surface area contributed by atoms with Gasteiger partial charge in [-0.3, -0.25) is 0 Å². The van der Waals surface area contributed by atoms with Gasteiger partial charge in [-0.25, -0.2) is 4.98 Å². The summed E-state index contributed by atoms with van der Waals surface area (Å²) in [5.41, 5.74) is 2.48. The van der Waals surface area contributed by atoms with Crippen LogP contribution < -0.4 is 5.32 Å². The Kier molecular flexibility index (Phi) is 4.40. The molecule has 0 atom stereocenters. The molecular weight excluding hydrogens is 308 g/mol. The Morgan fingerprint density at radius 1 is 1.39 bits per heavy atom. The highest BCUT2D eigenvalue weighted by atomic mass is 79.9. The molecule has 0 unspecified atom stereocenters. The van der Waals surface area contributed by atoms with Crippen LogP contribution in [0.5, 0.6) is 0 Å². The van der Waals surface area contributed by atoms with Crippen LogP contribution in [0.3, 0.4) is 0 Å². The van der Waals surface area contributed by atoms with E-state index >= 15 is 0 Å². The quantitative estimate of drug-likeness (QED) is 0.860.